The van der Waals surface area contributed by atoms with Crippen LogP contribution in [0.5, 0.6) is 0 Å². The second kappa shape index (κ2) is 8.19. The number of likely N-dealkylation sites (tertiary alicyclic amines) is 1. The molecule has 4 rings (SSSR count). The summed E-state index contributed by atoms with van der Waals surface area (Å²) in [7, 11) is 0. The van der Waals surface area contributed by atoms with Gasteiger partial charge in [0.25, 0.3) is 0 Å². The molecular weight excluding hydrogens is 346 g/mol. The van der Waals surface area contributed by atoms with E-state index in [2.05, 4.69) is 59.0 Å². The number of benzene rings is 2. The molecular formula is C24H29N3O. The Labute approximate surface area is 167 Å². The fourth-order valence-electron chi connectivity index (χ4n) is 4.18. The van der Waals surface area contributed by atoms with Crippen molar-refractivity contribution in [1.29, 1.82) is 0 Å². The Bertz CT molecular complexity index is 945. The summed E-state index contributed by atoms with van der Waals surface area (Å²) < 4.78 is 2.13. The van der Waals surface area contributed by atoms with E-state index < -0.39 is 0 Å². The van der Waals surface area contributed by atoms with Crippen molar-refractivity contribution in [3.63, 3.8) is 0 Å². The highest BCUT2D eigenvalue weighted by Crippen LogP contribution is 2.28. The highest BCUT2D eigenvalue weighted by atomic mass is 16.1. The zero-order valence-corrected chi connectivity index (χ0v) is 16.8. The fourth-order valence-corrected chi connectivity index (χ4v) is 4.18. The quantitative estimate of drug-likeness (QED) is 0.703. The maximum absolute atomic E-state index is 12.8. The molecule has 0 aliphatic carbocycles. The molecule has 1 atom stereocenters. The van der Waals surface area contributed by atoms with E-state index in [4.69, 9.17) is 0 Å². The summed E-state index contributed by atoms with van der Waals surface area (Å²) in [4.78, 5) is 15.3. The maximum Gasteiger partial charge on any atom is 0.239 e. The van der Waals surface area contributed by atoms with Gasteiger partial charge in [0.1, 0.15) is 6.54 Å². The Kier molecular flexibility index (Phi) is 5.49. The fraction of sp³-hybridized carbons (Fsp3) is 0.375. The number of hydrogen-bond acceptors (Lipinski definition) is 2. The second-order valence-electron chi connectivity index (χ2n) is 8.09. The largest absolute Gasteiger partial charge is 0.354 e. The topological polar surface area (TPSA) is 37.3 Å². The summed E-state index contributed by atoms with van der Waals surface area (Å²) in [6.45, 7) is 7.81. The van der Waals surface area contributed by atoms with Crippen molar-refractivity contribution < 1.29 is 4.79 Å². The van der Waals surface area contributed by atoms with Crippen molar-refractivity contribution in [2.75, 3.05) is 19.6 Å². The van der Waals surface area contributed by atoms with E-state index in [1.165, 1.54) is 6.42 Å². The van der Waals surface area contributed by atoms with Crippen LogP contribution < -0.4 is 5.32 Å². The zero-order chi connectivity index (χ0) is 19.5. The van der Waals surface area contributed by atoms with Crippen molar-refractivity contribution in [2.24, 2.45) is 5.92 Å². The van der Waals surface area contributed by atoms with Crippen LogP contribution in [0.2, 0.25) is 0 Å². The third-order valence-electron chi connectivity index (χ3n) is 5.82. The third kappa shape index (κ3) is 3.97. The molecule has 1 amide bonds. The normalized spacial score (nSPS) is 17.5. The standard InChI is InChI=1S/C24H29N3O/c1-18(2)26-13-12-19(16-26)15-25-24(28)17-27-22-11-7-6-10-21(22)14-23(27)20-8-4-3-5-9-20/h3-11,14,18-19H,12-13,15-17H2,1-2H3,(H,25,28). The molecule has 1 unspecified atom stereocenters. The molecule has 146 valence electrons. The lowest BCUT2D eigenvalue weighted by Crippen LogP contribution is -2.34. The lowest BCUT2D eigenvalue weighted by molar-refractivity contribution is -0.121. The summed E-state index contributed by atoms with van der Waals surface area (Å²) in [5.74, 6) is 0.642. The first kappa shape index (κ1) is 18.8. The Morgan fingerprint density at radius 1 is 1.11 bits per heavy atom. The number of aromatic nitrogens is 1. The van der Waals surface area contributed by atoms with Crippen LogP contribution in [-0.2, 0) is 11.3 Å². The van der Waals surface area contributed by atoms with Crippen molar-refractivity contribution >= 4 is 16.8 Å². The SMILES string of the molecule is CC(C)N1CCC(CNC(=O)Cn2c(-c3ccccc3)cc3ccccc32)C1. The van der Waals surface area contributed by atoms with Gasteiger partial charge in [0.05, 0.1) is 0 Å². The van der Waals surface area contributed by atoms with Gasteiger partial charge < -0.3 is 14.8 Å². The Morgan fingerprint density at radius 2 is 1.86 bits per heavy atom. The number of para-hydroxylation sites is 1. The molecule has 1 aromatic heterocycles. The van der Waals surface area contributed by atoms with E-state index in [1.54, 1.807) is 0 Å². The first-order valence-electron chi connectivity index (χ1n) is 10.3. The van der Waals surface area contributed by atoms with Gasteiger partial charge in [-0.05, 0) is 50.4 Å². The monoisotopic (exact) mass is 375 g/mol. The maximum atomic E-state index is 12.8. The predicted octanol–water partition coefficient (Wildman–Crippen LogP) is 4.15. The smallest absolute Gasteiger partial charge is 0.239 e. The summed E-state index contributed by atoms with van der Waals surface area (Å²) in [5.41, 5.74) is 3.32. The third-order valence-corrected chi connectivity index (χ3v) is 5.82. The summed E-state index contributed by atoms with van der Waals surface area (Å²) in [5, 5.41) is 4.34. The van der Waals surface area contributed by atoms with Crippen LogP contribution in [0.3, 0.4) is 0 Å². The van der Waals surface area contributed by atoms with Crippen LogP contribution in [0.15, 0.2) is 60.7 Å². The van der Waals surface area contributed by atoms with Gasteiger partial charge in [-0.15, -0.1) is 0 Å². The molecule has 0 saturated carbocycles. The van der Waals surface area contributed by atoms with Gasteiger partial charge in [0.2, 0.25) is 5.91 Å². The van der Waals surface area contributed by atoms with Crippen molar-refractivity contribution in [1.82, 2.24) is 14.8 Å². The van der Waals surface area contributed by atoms with Crippen LogP contribution in [0.25, 0.3) is 22.2 Å². The molecule has 4 heteroatoms. The lowest BCUT2D eigenvalue weighted by Gasteiger charge is -2.20. The number of carbonyl (C=O) groups excluding carboxylic acids is 1. The molecule has 0 bridgehead atoms. The van der Waals surface area contributed by atoms with Crippen molar-refractivity contribution in [2.45, 2.75) is 32.9 Å². The van der Waals surface area contributed by atoms with Gasteiger partial charge in [-0.3, -0.25) is 4.79 Å². The van der Waals surface area contributed by atoms with Gasteiger partial charge in [-0.25, -0.2) is 0 Å². The van der Waals surface area contributed by atoms with E-state index in [0.717, 1.165) is 41.8 Å². The van der Waals surface area contributed by atoms with E-state index in [9.17, 15) is 4.79 Å². The number of nitrogens with one attached hydrogen (secondary N) is 1. The van der Waals surface area contributed by atoms with Gasteiger partial charge in [-0.2, -0.15) is 0 Å². The molecule has 2 heterocycles. The Morgan fingerprint density at radius 3 is 2.61 bits per heavy atom. The summed E-state index contributed by atoms with van der Waals surface area (Å²) in [6.07, 6.45) is 1.17. The number of amides is 1. The number of hydrogen-bond donors (Lipinski definition) is 1. The van der Waals surface area contributed by atoms with Crippen molar-refractivity contribution in [3.8, 4) is 11.3 Å². The molecule has 0 spiro atoms. The first-order chi connectivity index (χ1) is 13.6. The first-order valence-corrected chi connectivity index (χ1v) is 10.3. The zero-order valence-electron chi connectivity index (χ0n) is 16.8. The Balaban J connectivity index is 1.49. The summed E-state index contributed by atoms with van der Waals surface area (Å²) >= 11 is 0. The minimum atomic E-state index is 0.0848. The molecule has 3 aromatic rings. The van der Waals surface area contributed by atoms with Gasteiger partial charge in [-0.1, -0.05) is 48.5 Å². The molecule has 1 fully saturated rings. The highest BCUT2D eigenvalue weighted by Gasteiger charge is 2.24. The minimum Gasteiger partial charge on any atom is -0.354 e. The van der Waals surface area contributed by atoms with Crippen LogP contribution in [0, 0.1) is 5.92 Å². The molecule has 0 radical (unpaired) electrons. The molecule has 2 aromatic carbocycles. The molecule has 1 aliphatic heterocycles. The summed E-state index contributed by atoms with van der Waals surface area (Å²) in [6, 6.07) is 21.3. The van der Waals surface area contributed by atoms with E-state index in [0.29, 0.717) is 18.5 Å². The van der Waals surface area contributed by atoms with Gasteiger partial charge in [0.15, 0.2) is 0 Å². The van der Waals surface area contributed by atoms with E-state index in [1.807, 2.05) is 30.3 Å². The van der Waals surface area contributed by atoms with E-state index >= 15 is 0 Å². The second-order valence-corrected chi connectivity index (χ2v) is 8.09. The molecule has 28 heavy (non-hydrogen) atoms. The highest BCUT2D eigenvalue weighted by molar-refractivity contribution is 5.89. The number of carbonyl (C=O) groups is 1. The van der Waals surface area contributed by atoms with Crippen LogP contribution in [0.1, 0.15) is 20.3 Å². The molecule has 1 saturated heterocycles. The number of nitrogens with zero attached hydrogens (tertiary/aromatic N) is 2. The molecule has 1 N–H and O–H groups in total. The average Bonchev–Trinajstić information content (AvgIpc) is 3.33. The molecule has 1 aliphatic rings. The van der Waals surface area contributed by atoms with E-state index in [-0.39, 0.29) is 5.91 Å². The number of rotatable bonds is 6. The Hall–Kier alpha value is -2.59. The van der Waals surface area contributed by atoms with Crippen LogP contribution >= 0.6 is 0 Å². The average molecular weight is 376 g/mol. The minimum absolute atomic E-state index is 0.0848. The van der Waals surface area contributed by atoms with Crippen LogP contribution in [0.4, 0.5) is 0 Å². The lowest BCUT2D eigenvalue weighted by atomic mass is 10.1. The predicted molar refractivity (Wildman–Crippen MR) is 115 cm³/mol. The number of fused-ring (bicyclic) bond motifs is 1. The van der Waals surface area contributed by atoms with Gasteiger partial charge >= 0.3 is 0 Å². The van der Waals surface area contributed by atoms with Gasteiger partial charge in [0, 0.05) is 35.7 Å². The van der Waals surface area contributed by atoms with Crippen LogP contribution in [-0.4, -0.2) is 41.1 Å². The molecule has 4 nitrogen and oxygen atoms in total. The van der Waals surface area contributed by atoms with Crippen molar-refractivity contribution in [3.05, 3.63) is 60.7 Å².